The number of carbonyl (C=O) groups excluding carboxylic acids is 1. The molecule has 0 saturated carbocycles. The second kappa shape index (κ2) is 9.72. The Kier molecular flexibility index (Phi) is 8.12. The predicted octanol–water partition coefficient (Wildman–Crippen LogP) is 2.53. The van der Waals surface area contributed by atoms with Gasteiger partial charge in [0, 0.05) is 13.2 Å². The van der Waals surface area contributed by atoms with Crippen molar-refractivity contribution in [1.29, 1.82) is 0 Å². The molecule has 0 N–H and O–H groups in total. The molecule has 0 saturated heterocycles. The standard InChI is InChI=1S/C14H22O4Si/c1-3-17-19(18-4-2)12-8-11-16-14(15)13-9-6-5-7-10-13/h5-7,9-10,19H,3-4,8,11-12H2,1-2H3. The molecule has 0 atom stereocenters. The van der Waals surface area contributed by atoms with Crippen molar-refractivity contribution in [1.82, 2.24) is 0 Å². The first-order valence-corrected chi connectivity index (χ1v) is 8.49. The summed E-state index contributed by atoms with van der Waals surface area (Å²) in [4.78, 5) is 11.7. The van der Waals surface area contributed by atoms with Crippen molar-refractivity contribution in [3.05, 3.63) is 35.9 Å². The molecule has 0 heterocycles. The number of hydrogen-bond donors (Lipinski definition) is 0. The number of benzene rings is 1. The average molecular weight is 282 g/mol. The molecule has 0 aromatic heterocycles. The van der Waals surface area contributed by atoms with Gasteiger partial charge in [0.15, 0.2) is 0 Å². The van der Waals surface area contributed by atoms with E-state index in [9.17, 15) is 4.79 Å². The lowest BCUT2D eigenvalue weighted by Gasteiger charge is -2.14. The highest BCUT2D eigenvalue weighted by Gasteiger charge is 2.12. The minimum atomic E-state index is -1.56. The van der Waals surface area contributed by atoms with Gasteiger partial charge in [-0.1, -0.05) is 18.2 Å². The molecular formula is C14H22O4Si. The van der Waals surface area contributed by atoms with Crippen molar-refractivity contribution >= 4 is 15.3 Å². The molecule has 1 rings (SSSR count). The van der Waals surface area contributed by atoms with Crippen LogP contribution in [-0.4, -0.2) is 35.1 Å². The number of carbonyl (C=O) groups is 1. The van der Waals surface area contributed by atoms with E-state index in [2.05, 4.69) is 0 Å². The quantitative estimate of drug-likeness (QED) is 0.396. The summed E-state index contributed by atoms with van der Waals surface area (Å²) in [7, 11) is -1.56. The molecule has 0 aliphatic heterocycles. The largest absolute Gasteiger partial charge is 0.462 e. The molecule has 0 spiro atoms. The van der Waals surface area contributed by atoms with E-state index in [0.717, 1.165) is 12.5 Å². The summed E-state index contributed by atoms with van der Waals surface area (Å²) in [6.45, 7) is 5.71. The summed E-state index contributed by atoms with van der Waals surface area (Å²) in [5.74, 6) is -0.272. The Hall–Kier alpha value is -1.17. The Morgan fingerprint density at radius 1 is 1.11 bits per heavy atom. The lowest BCUT2D eigenvalue weighted by molar-refractivity contribution is 0.0502. The van der Waals surface area contributed by atoms with Crippen molar-refractivity contribution in [2.24, 2.45) is 0 Å². The van der Waals surface area contributed by atoms with E-state index in [0.29, 0.717) is 25.4 Å². The van der Waals surface area contributed by atoms with E-state index in [1.165, 1.54) is 0 Å². The third-order valence-electron chi connectivity index (χ3n) is 2.53. The van der Waals surface area contributed by atoms with Gasteiger partial charge in [0.1, 0.15) is 0 Å². The maximum absolute atomic E-state index is 11.7. The van der Waals surface area contributed by atoms with Gasteiger partial charge in [-0.3, -0.25) is 0 Å². The summed E-state index contributed by atoms with van der Waals surface area (Å²) < 4.78 is 16.3. The highest BCUT2D eigenvalue weighted by atomic mass is 28.3. The number of ether oxygens (including phenoxy) is 1. The van der Waals surface area contributed by atoms with Crippen LogP contribution in [0.15, 0.2) is 30.3 Å². The van der Waals surface area contributed by atoms with Crippen molar-refractivity contribution < 1.29 is 18.4 Å². The number of rotatable bonds is 9. The van der Waals surface area contributed by atoms with Gasteiger partial charge in [0.25, 0.3) is 0 Å². The minimum absolute atomic E-state index is 0.272. The van der Waals surface area contributed by atoms with Crippen LogP contribution in [0.5, 0.6) is 0 Å². The topological polar surface area (TPSA) is 44.8 Å². The van der Waals surface area contributed by atoms with Crippen LogP contribution in [0.4, 0.5) is 0 Å². The van der Waals surface area contributed by atoms with Crippen LogP contribution in [-0.2, 0) is 13.6 Å². The third kappa shape index (κ3) is 6.52. The fourth-order valence-electron chi connectivity index (χ4n) is 1.66. The van der Waals surface area contributed by atoms with E-state index in [1.54, 1.807) is 12.1 Å². The van der Waals surface area contributed by atoms with Gasteiger partial charge in [-0.2, -0.15) is 0 Å². The van der Waals surface area contributed by atoms with Crippen molar-refractivity contribution in [2.45, 2.75) is 26.3 Å². The van der Waals surface area contributed by atoms with Gasteiger partial charge in [-0.15, -0.1) is 0 Å². The van der Waals surface area contributed by atoms with Crippen molar-refractivity contribution in [3.63, 3.8) is 0 Å². The van der Waals surface area contributed by atoms with E-state index in [4.69, 9.17) is 13.6 Å². The van der Waals surface area contributed by atoms with Crippen LogP contribution in [0.2, 0.25) is 6.04 Å². The fourth-order valence-corrected chi connectivity index (χ4v) is 3.33. The highest BCUT2D eigenvalue weighted by molar-refractivity contribution is 6.44. The zero-order valence-corrected chi connectivity index (χ0v) is 12.8. The van der Waals surface area contributed by atoms with Gasteiger partial charge < -0.3 is 13.6 Å². The van der Waals surface area contributed by atoms with Crippen molar-refractivity contribution in [3.8, 4) is 0 Å². The van der Waals surface area contributed by atoms with Gasteiger partial charge in [-0.25, -0.2) is 4.79 Å². The summed E-state index contributed by atoms with van der Waals surface area (Å²) in [6.07, 6.45) is 0.787. The van der Waals surface area contributed by atoms with Crippen LogP contribution >= 0.6 is 0 Å². The Morgan fingerprint density at radius 3 is 2.32 bits per heavy atom. The van der Waals surface area contributed by atoms with Crippen LogP contribution in [0.3, 0.4) is 0 Å². The molecule has 0 radical (unpaired) electrons. The highest BCUT2D eigenvalue weighted by Crippen LogP contribution is 2.05. The van der Waals surface area contributed by atoms with E-state index in [-0.39, 0.29) is 5.97 Å². The monoisotopic (exact) mass is 282 g/mol. The second-order valence-electron chi connectivity index (χ2n) is 3.98. The van der Waals surface area contributed by atoms with Crippen LogP contribution < -0.4 is 0 Å². The Labute approximate surface area is 116 Å². The van der Waals surface area contributed by atoms with E-state index >= 15 is 0 Å². The lowest BCUT2D eigenvalue weighted by atomic mass is 10.2. The molecule has 4 nitrogen and oxygen atoms in total. The fraction of sp³-hybridized carbons (Fsp3) is 0.500. The predicted molar refractivity (Wildman–Crippen MR) is 76.5 cm³/mol. The first-order valence-electron chi connectivity index (χ1n) is 6.73. The molecule has 1 aromatic carbocycles. The van der Waals surface area contributed by atoms with Crippen molar-refractivity contribution in [2.75, 3.05) is 19.8 Å². The Bertz CT molecular complexity index is 350. The second-order valence-corrected chi connectivity index (χ2v) is 6.09. The molecule has 0 aliphatic carbocycles. The minimum Gasteiger partial charge on any atom is -0.462 e. The maximum atomic E-state index is 11.7. The zero-order valence-electron chi connectivity index (χ0n) is 11.6. The van der Waals surface area contributed by atoms with Gasteiger partial charge in [-0.05, 0) is 38.4 Å². The number of hydrogen-bond acceptors (Lipinski definition) is 4. The molecule has 106 valence electrons. The molecule has 19 heavy (non-hydrogen) atoms. The molecule has 0 fully saturated rings. The van der Waals surface area contributed by atoms with Crippen LogP contribution in [0.1, 0.15) is 30.6 Å². The molecule has 0 unspecified atom stereocenters. The average Bonchev–Trinajstić information content (AvgIpc) is 2.44. The SMILES string of the molecule is CCO[SiH](CCCOC(=O)c1ccccc1)OCC. The summed E-state index contributed by atoms with van der Waals surface area (Å²) in [5, 5.41) is 0. The van der Waals surface area contributed by atoms with Crippen LogP contribution in [0.25, 0.3) is 0 Å². The van der Waals surface area contributed by atoms with E-state index < -0.39 is 9.28 Å². The summed E-state index contributed by atoms with van der Waals surface area (Å²) in [6, 6.07) is 9.88. The molecule has 5 heteroatoms. The normalized spacial score (nSPS) is 10.7. The first kappa shape index (κ1) is 15.9. The molecule has 0 bridgehead atoms. The molecule has 0 aliphatic rings. The van der Waals surface area contributed by atoms with Gasteiger partial charge in [0.2, 0.25) is 0 Å². The Morgan fingerprint density at radius 2 is 1.74 bits per heavy atom. The smallest absolute Gasteiger partial charge is 0.338 e. The van der Waals surface area contributed by atoms with Gasteiger partial charge in [0.05, 0.1) is 12.2 Å². The third-order valence-corrected chi connectivity index (χ3v) is 4.82. The Balaban J connectivity index is 2.21. The zero-order chi connectivity index (χ0) is 13.9. The number of esters is 1. The van der Waals surface area contributed by atoms with Crippen LogP contribution in [0, 0.1) is 0 Å². The molecular weight excluding hydrogens is 260 g/mol. The summed E-state index contributed by atoms with van der Waals surface area (Å²) >= 11 is 0. The maximum Gasteiger partial charge on any atom is 0.338 e. The van der Waals surface area contributed by atoms with E-state index in [1.807, 2.05) is 32.0 Å². The lowest BCUT2D eigenvalue weighted by Crippen LogP contribution is -2.23. The molecule has 1 aromatic rings. The molecule has 0 amide bonds. The first-order chi connectivity index (χ1) is 9.27. The summed E-state index contributed by atoms with van der Waals surface area (Å²) in [5.41, 5.74) is 0.589. The van der Waals surface area contributed by atoms with Gasteiger partial charge >= 0.3 is 15.3 Å².